The predicted octanol–water partition coefficient (Wildman–Crippen LogP) is 0.828. The summed E-state index contributed by atoms with van der Waals surface area (Å²) in [7, 11) is -3.56. The van der Waals surface area contributed by atoms with Gasteiger partial charge in [0.25, 0.3) is 10.1 Å². The Bertz CT molecular complexity index is 482. The minimum Gasteiger partial charge on any atom is -0.383 e. The van der Waals surface area contributed by atoms with Gasteiger partial charge in [-0.1, -0.05) is 6.92 Å². The third-order valence-electron chi connectivity index (χ3n) is 2.35. The smallest absolute Gasteiger partial charge is 0.264 e. The molecule has 0 spiro atoms. The van der Waals surface area contributed by atoms with E-state index >= 15 is 0 Å². The predicted molar refractivity (Wildman–Crippen MR) is 64.0 cm³/mol. The van der Waals surface area contributed by atoms with Gasteiger partial charge in [0.1, 0.15) is 5.60 Å². The molecule has 0 saturated carbocycles. The standard InChI is InChI=1S/C11H17NO4S/c1-4-10-7-9(5-6-12-10)11(2,13)8-16-17(3,14)15/h5-7,13H,4,8H2,1-3H3/t11-/m1/s1. The van der Waals surface area contributed by atoms with E-state index in [0.29, 0.717) is 5.56 Å². The van der Waals surface area contributed by atoms with Crippen molar-refractivity contribution in [3.8, 4) is 0 Å². The molecule has 0 saturated heterocycles. The summed E-state index contributed by atoms with van der Waals surface area (Å²) in [4.78, 5) is 4.11. The number of aryl methyl sites for hydroxylation is 1. The zero-order valence-electron chi connectivity index (χ0n) is 10.2. The number of pyridine rings is 1. The van der Waals surface area contributed by atoms with Crippen LogP contribution in [0.15, 0.2) is 18.3 Å². The molecule has 6 heteroatoms. The lowest BCUT2D eigenvalue weighted by Gasteiger charge is -2.23. The highest BCUT2D eigenvalue weighted by atomic mass is 32.2. The van der Waals surface area contributed by atoms with Crippen molar-refractivity contribution in [2.75, 3.05) is 12.9 Å². The summed E-state index contributed by atoms with van der Waals surface area (Å²) < 4.78 is 26.4. The van der Waals surface area contributed by atoms with Gasteiger partial charge >= 0.3 is 0 Å². The highest BCUT2D eigenvalue weighted by molar-refractivity contribution is 7.85. The number of rotatable bonds is 5. The molecule has 0 bridgehead atoms. The van der Waals surface area contributed by atoms with E-state index in [2.05, 4.69) is 9.17 Å². The van der Waals surface area contributed by atoms with Crippen molar-refractivity contribution in [1.82, 2.24) is 4.98 Å². The van der Waals surface area contributed by atoms with Gasteiger partial charge in [-0.05, 0) is 31.0 Å². The first-order valence-electron chi connectivity index (χ1n) is 5.27. The number of aromatic nitrogens is 1. The molecule has 1 aromatic heterocycles. The number of hydrogen-bond donors (Lipinski definition) is 1. The molecule has 0 unspecified atom stereocenters. The fourth-order valence-corrected chi connectivity index (χ4v) is 1.76. The molecule has 0 aliphatic heterocycles. The van der Waals surface area contributed by atoms with Gasteiger partial charge in [-0.3, -0.25) is 9.17 Å². The lowest BCUT2D eigenvalue weighted by atomic mass is 9.97. The van der Waals surface area contributed by atoms with Crippen LogP contribution in [0.1, 0.15) is 25.1 Å². The maximum Gasteiger partial charge on any atom is 0.264 e. The van der Waals surface area contributed by atoms with Crippen LogP contribution in [0.5, 0.6) is 0 Å². The normalized spacial score (nSPS) is 15.5. The number of nitrogens with zero attached hydrogens (tertiary/aromatic N) is 1. The first-order chi connectivity index (χ1) is 7.74. The van der Waals surface area contributed by atoms with Crippen molar-refractivity contribution in [2.45, 2.75) is 25.9 Å². The van der Waals surface area contributed by atoms with Crippen molar-refractivity contribution >= 4 is 10.1 Å². The van der Waals surface area contributed by atoms with E-state index in [0.717, 1.165) is 18.4 Å². The summed E-state index contributed by atoms with van der Waals surface area (Å²) in [6.07, 6.45) is 3.28. The van der Waals surface area contributed by atoms with E-state index in [4.69, 9.17) is 0 Å². The zero-order valence-corrected chi connectivity index (χ0v) is 11.0. The molecule has 0 aliphatic carbocycles. The third-order valence-corrected chi connectivity index (χ3v) is 2.90. The molecule has 0 aromatic carbocycles. The fourth-order valence-electron chi connectivity index (χ4n) is 1.31. The molecule has 1 atom stereocenters. The minimum absolute atomic E-state index is 0.307. The van der Waals surface area contributed by atoms with Crippen molar-refractivity contribution in [3.05, 3.63) is 29.6 Å². The van der Waals surface area contributed by atoms with Crippen molar-refractivity contribution in [2.24, 2.45) is 0 Å². The molecule has 1 aromatic rings. The highest BCUT2D eigenvalue weighted by Crippen LogP contribution is 2.21. The molecule has 0 amide bonds. The first-order valence-corrected chi connectivity index (χ1v) is 7.08. The Labute approximate surface area is 102 Å². The lowest BCUT2D eigenvalue weighted by Crippen LogP contribution is -2.29. The molecular formula is C11H17NO4S. The minimum atomic E-state index is -3.56. The first kappa shape index (κ1) is 14.1. The largest absolute Gasteiger partial charge is 0.383 e. The summed E-state index contributed by atoms with van der Waals surface area (Å²) in [5.74, 6) is 0. The number of hydrogen-bond acceptors (Lipinski definition) is 5. The Hall–Kier alpha value is -0.980. The quantitative estimate of drug-likeness (QED) is 0.792. The maximum atomic E-state index is 10.9. The monoisotopic (exact) mass is 259 g/mol. The van der Waals surface area contributed by atoms with E-state index in [-0.39, 0.29) is 6.61 Å². The Morgan fingerprint density at radius 2 is 2.18 bits per heavy atom. The van der Waals surface area contributed by atoms with Crippen LogP contribution < -0.4 is 0 Å². The Balaban J connectivity index is 2.88. The van der Waals surface area contributed by atoms with Gasteiger partial charge in [-0.2, -0.15) is 8.42 Å². The van der Waals surface area contributed by atoms with Crippen LogP contribution in [0.3, 0.4) is 0 Å². The van der Waals surface area contributed by atoms with Crippen molar-refractivity contribution in [1.29, 1.82) is 0 Å². The van der Waals surface area contributed by atoms with Crippen LogP contribution >= 0.6 is 0 Å². The molecule has 0 aliphatic rings. The summed E-state index contributed by atoms with van der Waals surface area (Å²) in [5, 5.41) is 10.2. The van der Waals surface area contributed by atoms with Crippen LogP contribution in [0.4, 0.5) is 0 Å². The summed E-state index contributed by atoms with van der Waals surface area (Å²) in [6.45, 7) is 3.15. The van der Waals surface area contributed by atoms with E-state index in [9.17, 15) is 13.5 Å². The van der Waals surface area contributed by atoms with E-state index in [1.807, 2.05) is 6.92 Å². The van der Waals surface area contributed by atoms with Crippen LogP contribution in [0.25, 0.3) is 0 Å². The summed E-state index contributed by atoms with van der Waals surface area (Å²) in [6, 6.07) is 3.39. The SMILES string of the molecule is CCc1cc([C@](C)(O)COS(C)(=O)=O)ccn1. The average molecular weight is 259 g/mol. The van der Waals surface area contributed by atoms with E-state index < -0.39 is 15.7 Å². The van der Waals surface area contributed by atoms with Crippen LogP contribution in [0, 0.1) is 0 Å². The van der Waals surface area contributed by atoms with Crippen LogP contribution in [-0.4, -0.2) is 31.4 Å². The van der Waals surface area contributed by atoms with E-state index in [1.54, 1.807) is 18.3 Å². The van der Waals surface area contributed by atoms with Gasteiger partial charge in [0.05, 0.1) is 12.9 Å². The molecule has 1 heterocycles. The van der Waals surface area contributed by atoms with Gasteiger partial charge in [0.15, 0.2) is 0 Å². The second-order valence-electron chi connectivity index (χ2n) is 4.13. The second-order valence-corrected chi connectivity index (χ2v) is 5.77. The second kappa shape index (κ2) is 5.12. The van der Waals surface area contributed by atoms with Crippen LogP contribution in [-0.2, 0) is 26.3 Å². The molecule has 0 fully saturated rings. The van der Waals surface area contributed by atoms with Gasteiger partial charge in [-0.25, -0.2) is 0 Å². The molecule has 17 heavy (non-hydrogen) atoms. The molecule has 1 N–H and O–H groups in total. The van der Waals surface area contributed by atoms with Gasteiger partial charge in [-0.15, -0.1) is 0 Å². The van der Waals surface area contributed by atoms with Crippen molar-refractivity contribution in [3.63, 3.8) is 0 Å². The Kier molecular flexibility index (Phi) is 4.24. The van der Waals surface area contributed by atoms with Crippen LogP contribution in [0.2, 0.25) is 0 Å². The molecule has 5 nitrogen and oxygen atoms in total. The topological polar surface area (TPSA) is 76.5 Å². The highest BCUT2D eigenvalue weighted by Gasteiger charge is 2.25. The maximum absolute atomic E-state index is 10.9. The fraction of sp³-hybridized carbons (Fsp3) is 0.545. The molecule has 1 rings (SSSR count). The lowest BCUT2D eigenvalue weighted by molar-refractivity contribution is 0.00993. The van der Waals surface area contributed by atoms with E-state index in [1.165, 1.54) is 6.92 Å². The molecule has 96 valence electrons. The number of aliphatic hydroxyl groups is 1. The van der Waals surface area contributed by atoms with Gasteiger partial charge < -0.3 is 5.11 Å². The Morgan fingerprint density at radius 1 is 1.53 bits per heavy atom. The zero-order chi connectivity index (χ0) is 13.1. The third kappa shape index (κ3) is 4.41. The summed E-state index contributed by atoms with van der Waals surface area (Å²) in [5.41, 5.74) is 0.0748. The van der Waals surface area contributed by atoms with Gasteiger partial charge in [0, 0.05) is 11.9 Å². The Morgan fingerprint density at radius 3 is 2.71 bits per heavy atom. The average Bonchev–Trinajstić information content (AvgIpc) is 2.26. The summed E-state index contributed by atoms with van der Waals surface area (Å²) >= 11 is 0. The van der Waals surface area contributed by atoms with Gasteiger partial charge in [0.2, 0.25) is 0 Å². The molecular weight excluding hydrogens is 242 g/mol. The van der Waals surface area contributed by atoms with Crippen molar-refractivity contribution < 1.29 is 17.7 Å². The molecule has 0 radical (unpaired) electrons.